The van der Waals surface area contributed by atoms with Gasteiger partial charge >= 0.3 is 0 Å². The Morgan fingerprint density at radius 2 is 1.41 bits per heavy atom. The van der Waals surface area contributed by atoms with E-state index in [1.807, 2.05) is 102 Å². The molecule has 0 fully saturated rings. The van der Waals surface area contributed by atoms with Crippen LogP contribution in [0.4, 0.5) is 0 Å². The van der Waals surface area contributed by atoms with Crippen molar-refractivity contribution in [2.24, 2.45) is 19.3 Å². The van der Waals surface area contributed by atoms with E-state index in [1.165, 1.54) is 6.21 Å². The molecule has 0 atom stereocenters. The molecule has 3 aromatic rings. The number of aromatic nitrogens is 2. The molecule has 0 unspecified atom stereocenters. The van der Waals surface area contributed by atoms with E-state index in [1.54, 1.807) is 0 Å². The smallest absolute Gasteiger partial charge is 0.256 e. The van der Waals surface area contributed by atoms with Gasteiger partial charge in [0.15, 0.2) is 12.4 Å². The quantitative estimate of drug-likeness (QED) is 0.0849. The molecule has 2 heterocycles. The van der Waals surface area contributed by atoms with Crippen LogP contribution in [0.2, 0.25) is 0 Å². The molecular formula is C20H21I2N3O2. The predicted octanol–water partition coefficient (Wildman–Crippen LogP) is -3.93. The van der Waals surface area contributed by atoms with Crippen molar-refractivity contribution >= 4 is 12.0 Å². The van der Waals surface area contributed by atoms with Gasteiger partial charge in [-0.1, -0.05) is 35.5 Å². The number of hydrogen-bond acceptors (Lipinski definition) is 3. The van der Waals surface area contributed by atoms with Crippen molar-refractivity contribution in [3.63, 3.8) is 0 Å². The van der Waals surface area contributed by atoms with Crippen molar-refractivity contribution in [2.45, 2.75) is 0 Å². The van der Waals surface area contributed by atoms with Crippen molar-refractivity contribution in [1.29, 1.82) is 0 Å². The van der Waals surface area contributed by atoms with Crippen molar-refractivity contribution < 1.29 is 67.1 Å². The SMILES string of the molecule is C[n+]1ccccc1C(=O)c1ccccc1.C[n+]1ccccc1C=NO.[I-].[I-]. The number of carbonyl (C=O) groups is 1. The number of pyridine rings is 2. The summed E-state index contributed by atoms with van der Waals surface area (Å²) in [7, 11) is 3.76. The Bertz CT molecular complexity index is 872. The fourth-order valence-corrected chi connectivity index (χ4v) is 2.23. The molecule has 0 saturated carbocycles. The molecule has 142 valence electrons. The number of rotatable bonds is 3. The van der Waals surface area contributed by atoms with Crippen LogP contribution < -0.4 is 57.1 Å². The molecular weight excluding hydrogens is 568 g/mol. The van der Waals surface area contributed by atoms with E-state index in [9.17, 15) is 4.79 Å². The highest BCUT2D eigenvalue weighted by molar-refractivity contribution is 6.06. The van der Waals surface area contributed by atoms with Crippen LogP contribution in [0.1, 0.15) is 21.7 Å². The molecule has 0 amide bonds. The third kappa shape index (κ3) is 7.71. The Hall–Kier alpha value is -1.88. The largest absolute Gasteiger partial charge is 1.00 e. The van der Waals surface area contributed by atoms with Gasteiger partial charge in [-0.25, -0.2) is 4.57 Å². The summed E-state index contributed by atoms with van der Waals surface area (Å²) in [5.41, 5.74) is 2.29. The van der Waals surface area contributed by atoms with Crippen molar-refractivity contribution in [2.75, 3.05) is 0 Å². The molecule has 27 heavy (non-hydrogen) atoms. The Kier molecular flexibility index (Phi) is 12.4. The Balaban J connectivity index is 0.000000500. The van der Waals surface area contributed by atoms with Crippen LogP contribution in [-0.4, -0.2) is 17.2 Å². The molecule has 1 N–H and O–H groups in total. The third-order valence-electron chi connectivity index (χ3n) is 3.61. The van der Waals surface area contributed by atoms with Gasteiger partial charge in [0.05, 0.1) is 0 Å². The van der Waals surface area contributed by atoms with Crippen LogP contribution >= 0.6 is 0 Å². The topological polar surface area (TPSA) is 57.4 Å². The lowest BCUT2D eigenvalue weighted by Gasteiger charge is -1.98. The normalized spacial score (nSPS) is 9.41. The van der Waals surface area contributed by atoms with Gasteiger partial charge in [0.2, 0.25) is 5.69 Å². The van der Waals surface area contributed by atoms with Crippen LogP contribution in [0.5, 0.6) is 0 Å². The van der Waals surface area contributed by atoms with Gasteiger partial charge in [0.25, 0.3) is 11.5 Å². The van der Waals surface area contributed by atoms with Gasteiger partial charge in [-0.2, -0.15) is 4.57 Å². The zero-order valence-corrected chi connectivity index (χ0v) is 19.4. The van der Waals surface area contributed by atoms with E-state index in [0.29, 0.717) is 5.69 Å². The first kappa shape index (κ1) is 25.1. The second-order valence-electron chi connectivity index (χ2n) is 5.37. The molecule has 0 aliphatic carbocycles. The average molecular weight is 589 g/mol. The minimum Gasteiger partial charge on any atom is -1.00 e. The summed E-state index contributed by atoms with van der Waals surface area (Å²) >= 11 is 0. The van der Waals surface area contributed by atoms with E-state index in [4.69, 9.17) is 5.21 Å². The van der Waals surface area contributed by atoms with E-state index in [-0.39, 0.29) is 53.7 Å². The van der Waals surface area contributed by atoms with Gasteiger partial charge in [-0.3, -0.25) is 4.79 Å². The molecule has 0 spiro atoms. The van der Waals surface area contributed by atoms with Crippen molar-refractivity contribution in [1.82, 2.24) is 0 Å². The maximum atomic E-state index is 12.0. The summed E-state index contributed by atoms with van der Waals surface area (Å²) in [5.74, 6) is 0.0544. The van der Waals surface area contributed by atoms with Crippen LogP contribution in [0.3, 0.4) is 0 Å². The molecule has 3 rings (SSSR count). The number of hydrogen-bond donors (Lipinski definition) is 1. The second kappa shape index (κ2) is 13.3. The molecule has 7 heteroatoms. The number of ketones is 1. The van der Waals surface area contributed by atoms with Gasteiger partial charge < -0.3 is 53.2 Å². The van der Waals surface area contributed by atoms with Crippen LogP contribution in [0, 0.1) is 0 Å². The summed E-state index contributed by atoms with van der Waals surface area (Å²) < 4.78 is 3.69. The summed E-state index contributed by atoms with van der Waals surface area (Å²) in [5, 5.41) is 11.1. The van der Waals surface area contributed by atoms with E-state index >= 15 is 0 Å². The van der Waals surface area contributed by atoms with Crippen LogP contribution in [0.15, 0.2) is 84.3 Å². The minimum absolute atomic E-state index is 0. The number of aryl methyl sites for hydroxylation is 2. The van der Waals surface area contributed by atoms with Gasteiger partial charge in [0.1, 0.15) is 20.3 Å². The monoisotopic (exact) mass is 589 g/mol. The zero-order chi connectivity index (χ0) is 18.1. The van der Waals surface area contributed by atoms with Crippen molar-refractivity contribution in [3.05, 3.63) is 96.1 Å². The van der Waals surface area contributed by atoms with E-state index in [2.05, 4.69) is 5.16 Å². The number of oxime groups is 1. The van der Waals surface area contributed by atoms with Crippen molar-refractivity contribution in [3.8, 4) is 0 Å². The van der Waals surface area contributed by atoms with E-state index < -0.39 is 0 Å². The highest BCUT2D eigenvalue weighted by atomic mass is 127. The maximum absolute atomic E-state index is 12.0. The fourth-order valence-electron chi connectivity index (χ4n) is 2.23. The van der Waals surface area contributed by atoms with Gasteiger partial charge in [-0.05, 0) is 12.1 Å². The molecule has 1 aromatic carbocycles. The first-order valence-electron chi connectivity index (χ1n) is 7.80. The summed E-state index contributed by atoms with van der Waals surface area (Å²) in [6, 6.07) is 20.6. The standard InChI is InChI=1S/C13H12NO.C7H8N2O.2HI/c1-14-10-6-5-9-12(14)13(15)11-7-3-2-4-8-11;1-9-5-3-2-4-7(9)6-8-10;;/h2-10H,1H3;2-6H,1H3;2*1H/q+1;;;/p-1. The Morgan fingerprint density at radius 1 is 0.852 bits per heavy atom. The predicted molar refractivity (Wildman–Crippen MR) is 94.5 cm³/mol. The molecule has 0 aliphatic heterocycles. The first-order valence-corrected chi connectivity index (χ1v) is 7.80. The lowest BCUT2D eigenvalue weighted by atomic mass is 10.1. The third-order valence-corrected chi connectivity index (χ3v) is 3.61. The fraction of sp³-hybridized carbons (Fsp3) is 0.100. The number of benzene rings is 1. The molecule has 5 nitrogen and oxygen atoms in total. The summed E-state index contributed by atoms with van der Waals surface area (Å²) in [6.45, 7) is 0. The highest BCUT2D eigenvalue weighted by Crippen LogP contribution is 2.05. The number of nitrogens with zero attached hydrogens (tertiary/aromatic N) is 3. The van der Waals surface area contributed by atoms with Gasteiger partial charge in [-0.15, -0.1) is 0 Å². The molecule has 0 saturated heterocycles. The summed E-state index contributed by atoms with van der Waals surface area (Å²) in [4.78, 5) is 12.0. The number of carbonyl (C=O) groups excluding carboxylic acids is 1. The molecule has 0 radical (unpaired) electrons. The second-order valence-corrected chi connectivity index (χ2v) is 5.37. The lowest BCUT2D eigenvalue weighted by molar-refractivity contribution is -0.673. The maximum Gasteiger partial charge on any atom is 0.256 e. The molecule has 0 bridgehead atoms. The first-order chi connectivity index (χ1) is 12.1. The lowest BCUT2D eigenvalue weighted by Crippen LogP contribution is -3.00. The molecule has 0 aliphatic rings. The minimum atomic E-state index is 0. The van der Waals surface area contributed by atoms with Gasteiger partial charge in [0, 0.05) is 29.8 Å². The molecule has 2 aromatic heterocycles. The Morgan fingerprint density at radius 3 is 1.96 bits per heavy atom. The summed E-state index contributed by atoms with van der Waals surface area (Å²) in [6.07, 6.45) is 5.15. The van der Waals surface area contributed by atoms with Crippen LogP contribution in [-0.2, 0) is 14.1 Å². The average Bonchev–Trinajstić information content (AvgIpc) is 2.65. The van der Waals surface area contributed by atoms with Crippen LogP contribution in [0.25, 0.3) is 0 Å². The highest BCUT2D eigenvalue weighted by Gasteiger charge is 2.16. The Labute approximate surface area is 193 Å². The number of halogens is 2. The zero-order valence-electron chi connectivity index (χ0n) is 15.0. The van der Waals surface area contributed by atoms with E-state index in [0.717, 1.165) is 11.3 Å².